The summed E-state index contributed by atoms with van der Waals surface area (Å²) in [6.45, 7) is 10.3. The molecule has 0 unspecified atom stereocenters. The van der Waals surface area contributed by atoms with Gasteiger partial charge in [0, 0.05) is 33.0 Å². The number of aliphatic hydroxyl groups is 1. The maximum Gasteiger partial charge on any atom is 0.311 e. The van der Waals surface area contributed by atoms with Gasteiger partial charge in [0.25, 0.3) is 0 Å². The second-order valence-electron chi connectivity index (χ2n) is 9.64. The summed E-state index contributed by atoms with van der Waals surface area (Å²) in [6.07, 6.45) is 9.08. The highest BCUT2D eigenvalue weighted by molar-refractivity contribution is 9.11. The predicted octanol–water partition coefficient (Wildman–Crippen LogP) is 6.04. The third kappa shape index (κ3) is 9.18. The lowest BCUT2D eigenvalue weighted by atomic mass is 9.82. The predicted molar refractivity (Wildman–Crippen MR) is 150 cm³/mol. The minimum atomic E-state index is -1.96. The highest BCUT2D eigenvalue weighted by Gasteiger charge is 2.53. The lowest BCUT2D eigenvalue weighted by Crippen LogP contribution is -2.59. The van der Waals surface area contributed by atoms with Crippen LogP contribution in [-0.4, -0.2) is 68.9 Å². The Balaban J connectivity index is 3.17. The van der Waals surface area contributed by atoms with Crippen LogP contribution in [0.2, 0.25) is 18.1 Å². The first-order valence-electron chi connectivity index (χ1n) is 13.0. The van der Waals surface area contributed by atoms with Crippen LogP contribution in [0, 0.1) is 11.8 Å². The molecule has 36 heavy (non-hydrogen) atoms. The first-order valence-corrected chi connectivity index (χ1v) is 16.5. The van der Waals surface area contributed by atoms with Crippen molar-refractivity contribution in [3.8, 4) is 0 Å². The number of allylic oxidation sites excluding steroid dienone is 2. The molecule has 1 fully saturated rings. The summed E-state index contributed by atoms with van der Waals surface area (Å²) >= 11 is 3.19. The molecule has 0 radical (unpaired) electrons. The Labute approximate surface area is 227 Å². The molecule has 7 atom stereocenters. The number of hydrogen-bond acceptors (Lipinski definition) is 6. The van der Waals surface area contributed by atoms with Crippen LogP contribution in [0.4, 0.5) is 0 Å². The monoisotopic (exact) mass is 590 g/mol. The van der Waals surface area contributed by atoms with Crippen LogP contribution in [0.5, 0.6) is 0 Å². The molecule has 1 saturated heterocycles. The van der Waals surface area contributed by atoms with Crippen molar-refractivity contribution in [3.63, 3.8) is 0 Å². The fraction of sp³-hybridized carbons (Fsp3) is 0.741. The fourth-order valence-electron chi connectivity index (χ4n) is 4.79. The Hall–Kier alpha value is -0.813. The van der Waals surface area contributed by atoms with Crippen LogP contribution in [0.25, 0.3) is 0 Å². The van der Waals surface area contributed by atoms with Gasteiger partial charge in [0.15, 0.2) is 14.1 Å². The van der Waals surface area contributed by atoms with Gasteiger partial charge in [0.1, 0.15) is 5.92 Å². The lowest BCUT2D eigenvalue weighted by molar-refractivity contribution is -0.318. The van der Waals surface area contributed by atoms with Crippen molar-refractivity contribution < 1.29 is 33.6 Å². The zero-order valence-electron chi connectivity index (χ0n) is 23.0. The summed E-state index contributed by atoms with van der Waals surface area (Å²) in [7, 11) is 1.20. The number of carboxylic acids is 1. The molecule has 1 aliphatic heterocycles. The van der Waals surface area contributed by atoms with Gasteiger partial charge >= 0.3 is 5.97 Å². The van der Waals surface area contributed by atoms with Crippen LogP contribution < -0.4 is 0 Å². The minimum Gasteiger partial charge on any atom is -0.481 e. The standard InChI is InChI=1S/C27H47BrO7Si/c1-8-36(9-2,10-3)35-25-19-27(33-7,21(5)26(30)31)34-24(20(25)4)18-23(32-6)16-13-15-22(29)14-11-12-17-28/h11-14,16-17,20-25,29H,8-10,15,18-19H2,1-7H3,(H,30,31)/b14-11+,16-13+,17-12+/t20-,21-,22-,23+,24-,25-,27-/m0/s1. The Kier molecular flexibility index (Phi) is 15.0. The van der Waals surface area contributed by atoms with Gasteiger partial charge in [-0.1, -0.05) is 74.0 Å². The van der Waals surface area contributed by atoms with E-state index in [2.05, 4.69) is 43.6 Å². The summed E-state index contributed by atoms with van der Waals surface area (Å²) < 4.78 is 24.9. The second kappa shape index (κ2) is 16.2. The van der Waals surface area contributed by atoms with Crippen molar-refractivity contribution in [2.45, 2.75) is 102 Å². The summed E-state index contributed by atoms with van der Waals surface area (Å²) in [5.74, 6) is -3.08. The number of methoxy groups -OCH3 is 2. The molecule has 0 amide bonds. The van der Waals surface area contributed by atoms with E-state index >= 15 is 0 Å². The molecule has 0 saturated carbocycles. The molecule has 1 heterocycles. The lowest BCUT2D eigenvalue weighted by Gasteiger charge is -2.51. The Morgan fingerprint density at radius 2 is 1.83 bits per heavy atom. The zero-order valence-corrected chi connectivity index (χ0v) is 25.6. The molecular weight excluding hydrogens is 544 g/mol. The van der Waals surface area contributed by atoms with Gasteiger partial charge in [0.05, 0.1) is 24.4 Å². The van der Waals surface area contributed by atoms with Crippen LogP contribution in [-0.2, 0) is 23.4 Å². The zero-order chi connectivity index (χ0) is 27.4. The number of halogens is 1. The minimum absolute atomic E-state index is 0.0291. The van der Waals surface area contributed by atoms with Gasteiger partial charge in [-0.2, -0.15) is 0 Å². The van der Waals surface area contributed by atoms with Crippen LogP contribution in [0.15, 0.2) is 35.4 Å². The van der Waals surface area contributed by atoms with E-state index in [0.717, 1.165) is 18.1 Å². The quantitative estimate of drug-likeness (QED) is 0.128. The molecule has 1 aliphatic rings. The highest BCUT2D eigenvalue weighted by Crippen LogP contribution is 2.43. The molecular formula is C27H47BrO7Si. The van der Waals surface area contributed by atoms with E-state index in [1.54, 1.807) is 37.2 Å². The van der Waals surface area contributed by atoms with Crippen LogP contribution >= 0.6 is 15.9 Å². The van der Waals surface area contributed by atoms with Gasteiger partial charge in [0.2, 0.25) is 0 Å². The van der Waals surface area contributed by atoms with E-state index in [9.17, 15) is 15.0 Å². The fourth-order valence-corrected chi connectivity index (χ4v) is 7.91. The molecule has 0 spiro atoms. The second-order valence-corrected chi connectivity index (χ2v) is 14.9. The molecule has 0 bridgehead atoms. The van der Waals surface area contributed by atoms with E-state index in [0.29, 0.717) is 19.3 Å². The average Bonchev–Trinajstić information content (AvgIpc) is 2.88. The van der Waals surface area contributed by atoms with Gasteiger partial charge < -0.3 is 28.8 Å². The maximum absolute atomic E-state index is 12.0. The first-order chi connectivity index (χ1) is 17.1. The third-order valence-electron chi connectivity index (χ3n) is 7.73. The summed E-state index contributed by atoms with van der Waals surface area (Å²) in [5, 5.41) is 20.0. The van der Waals surface area contributed by atoms with Crippen LogP contribution in [0.1, 0.15) is 53.9 Å². The molecule has 0 aromatic carbocycles. The number of aliphatic hydroxyl groups excluding tert-OH is 1. The molecule has 7 nitrogen and oxygen atoms in total. The van der Waals surface area contributed by atoms with E-state index in [-0.39, 0.29) is 24.2 Å². The average molecular weight is 592 g/mol. The van der Waals surface area contributed by atoms with Crippen molar-refractivity contribution in [2.24, 2.45) is 11.8 Å². The van der Waals surface area contributed by atoms with Crippen molar-refractivity contribution in [1.29, 1.82) is 0 Å². The van der Waals surface area contributed by atoms with Crippen LogP contribution in [0.3, 0.4) is 0 Å². The molecule has 2 N–H and O–H groups in total. The number of carbonyl (C=O) groups is 1. The third-order valence-corrected chi connectivity index (χ3v) is 12.7. The van der Waals surface area contributed by atoms with Gasteiger partial charge in [-0.3, -0.25) is 4.79 Å². The normalized spacial score (nSPS) is 28.2. The molecule has 0 aliphatic carbocycles. The van der Waals surface area contributed by atoms with Crippen molar-refractivity contribution in [1.82, 2.24) is 0 Å². The molecule has 9 heteroatoms. The number of rotatable bonds is 16. The SMILES string of the molecule is CC[Si](CC)(CC)O[C@H]1C[C@@](OC)([C@@H](C)C(=O)O)O[C@@H](C[C@@H](/C=C/C[C@@H](O)/C=C/C=C/Br)OC)[C@@H]1C. The van der Waals surface area contributed by atoms with Crippen molar-refractivity contribution in [3.05, 3.63) is 35.4 Å². The number of hydrogen-bond donors (Lipinski definition) is 2. The molecule has 0 aromatic rings. The summed E-state index contributed by atoms with van der Waals surface area (Å²) in [6, 6.07) is 3.03. The molecule has 1 rings (SSSR count). The van der Waals surface area contributed by atoms with Crippen molar-refractivity contribution in [2.75, 3.05) is 14.2 Å². The topological polar surface area (TPSA) is 94.5 Å². The van der Waals surface area contributed by atoms with Gasteiger partial charge in [-0.05, 0) is 36.5 Å². The Bertz CT molecular complexity index is 731. The smallest absolute Gasteiger partial charge is 0.311 e. The first kappa shape index (κ1) is 33.2. The van der Waals surface area contributed by atoms with Gasteiger partial charge in [-0.25, -0.2) is 0 Å². The molecule has 208 valence electrons. The van der Waals surface area contributed by atoms with E-state index in [1.807, 2.05) is 12.2 Å². The largest absolute Gasteiger partial charge is 0.481 e. The van der Waals surface area contributed by atoms with E-state index < -0.39 is 32.1 Å². The molecule has 0 aromatic heterocycles. The highest BCUT2D eigenvalue weighted by atomic mass is 79.9. The van der Waals surface area contributed by atoms with E-state index in [4.69, 9.17) is 18.6 Å². The maximum atomic E-state index is 12.0. The van der Waals surface area contributed by atoms with Gasteiger partial charge in [-0.15, -0.1) is 0 Å². The number of ether oxygens (including phenoxy) is 3. The Morgan fingerprint density at radius 3 is 2.33 bits per heavy atom. The number of aliphatic carboxylic acids is 1. The number of carboxylic acid groups (broad SMARTS) is 1. The Morgan fingerprint density at radius 1 is 1.19 bits per heavy atom. The van der Waals surface area contributed by atoms with E-state index in [1.165, 1.54) is 7.11 Å². The summed E-state index contributed by atoms with van der Waals surface area (Å²) in [5.41, 5.74) is 0. The summed E-state index contributed by atoms with van der Waals surface area (Å²) in [4.78, 5) is 13.7. The van der Waals surface area contributed by atoms with Crippen molar-refractivity contribution >= 4 is 30.2 Å².